The number of carbonyl (C=O) groups excluding carboxylic acids is 2. The summed E-state index contributed by atoms with van der Waals surface area (Å²) in [6, 6.07) is 17.3. The van der Waals surface area contributed by atoms with Crippen molar-refractivity contribution in [1.82, 2.24) is 4.57 Å². The minimum absolute atomic E-state index is 0.0792. The minimum Gasteiger partial charge on any atom is -0.465 e. The lowest BCUT2D eigenvalue weighted by molar-refractivity contribution is -0.384. The van der Waals surface area contributed by atoms with Gasteiger partial charge in [0.2, 0.25) is 0 Å². The summed E-state index contributed by atoms with van der Waals surface area (Å²) >= 11 is 1.11. The van der Waals surface area contributed by atoms with Crippen LogP contribution in [0.4, 0.5) is 5.69 Å². The van der Waals surface area contributed by atoms with Gasteiger partial charge in [0.1, 0.15) is 6.54 Å². The zero-order valence-electron chi connectivity index (χ0n) is 16.5. The largest absolute Gasteiger partial charge is 0.465 e. The molecule has 3 aromatic carbocycles. The van der Waals surface area contributed by atoms with Crippen molar-refractivity contribution < 1.29 is 19.2 Å². The predicted molar refractivity (Wildman–Crippen MR) is 117 cm³/mol. The van der Waals surface area contributed by atoms with E-state index in [2.05, 4.69) is 4.99 Å². The number of carbonyl (C=O) groups is 2. The van der Waals surface area contributed by atoms with Crippen LogP contribution < -0.4 is 4.80 Å². The highest BCUT2D eigenvalue weighted by molar-refractivity contribution is 7.16. The number of hydrogen-bond donors (Lipinski definition) is 0. The zero-order valence-corrected chi connectivity index (χ0v) is 17.3. The van der Waals surface area contributed by atoms with Gasteiger partial charge in [-0.2, -0.15) is 4.99 Å². The molecule has 1 amide bonds. The number of aromatic nitrogens is 1. The maximum absolute atomic E-state index is 12.9. The SMILES string of the molecule is CCOC(=O)Cn1c(=NC(=O)c2ccc3ccccc3c2)sc2cc([N+](=O)[O-])ccc21. The summed E-state index contributed by atoms with van der Waals surface area (Å²) in [5.41, 5.74) is 0.892. The van der Waals surface area contributed by atoms with Crippen LogP contribution in [0.25, 0.3) is 21.0 Å². The third-order valence-corrected chi connectivity index (χ3v) is 5.70. The molecule has 1 heterocycles. The number of nitro groups is 1. The molecule has 0 aliphatic carbocycles. The van der Waals surface area contributed by atoms with Crippen LogP contribution in [-0.2, 0) is 16.1 Å². The Morgan fingerprint density at radius 1 is 1.10 bits per heavy atom. The van der Waals surface area contributed by atoms with Gasteiger partial charge in [-0.15, -0.1) is 0 Å². The Kier molecular flexibility index (Phi) is 5.59. The molecule has 1 aromatic heterocycles. The summed E-state index contributed by atoms with van der Waals surface area (Å²) in [7, 11) is 0. The van der Waals surface area contributed by atoms with Crippen molar-refractivity contribution in [1.29, 1.82) is 0 Å². The smallest absolute Gasteiger partial charge is 0.326 e. The first kappa shape index (κ1) is 20.4. The number of thiazole rings is 1. The number of nitrogens with zero attached hydrogens (tertiary/aromatic N) is 3. The molecule has 0 saturated heterocycles. The number of non-ortho nitro benzene ring substituents is 1. The Bertz CT molecular complexity index is 1400. The maximum Gasteiger partial charge on any atom is 0.326 e. The van der Waals surface area contributed by atoms with Gasteiger partial charge in [0.25, 0.3) is 11.6 Å². The molecule has 4 aromatic rings. The number of fused-ring (bicyclic) bond motifs is 2. The minimum atomic E-state index is -0.494. The van der Waals surface area contributed by atoms with E-state index in [4.69, 9.17) is 4.74 Å². The Balaban J connectivity index is 1.82. The fraction of sp³-hybridized carbons (Fsp3) is 0.136. The summed E-state index contributed by atoms with van der Waals surface area (Å²) in [4.78, 5) is 40.1. The highest BCUT2D eigenvalue weighted by Gasteiger charge is 2.16. The van der Waals surface area contributed by atoms with Crippen LogP contribution in [0.15, 0.2) is 65.7 Å². The number of ether oxygens (including phenoxy) is 1. The second-order valence-corrected chi connectivity index (χ2v) is 7.67. The van der Waals surface area contributed by atoms with Gasteiger partial charge in [-0.3, -0.25) is 19.7 Å². The molecule has 0 aliphatic heterocycles. The van der Waals surface area contributed by atoms with Crippen molar-refractivity contribution in [2.75, 3.05) is 6.61 Å². The number of benzene rings is 3. The Morgan fingerprint density at radius 2 is 1.87 bits per heavy atom. The van der Waals surface area contributed by atoms with Crippen LogP contribution in [0.3, 0.4) is 0 Å². The molecule has 0 radical (unpaired) electrons. The Labute approximate surface area is 180 Å². The third-order valence-electron chi connectivity index (χ3n) is 4.66. The number of rotatable bonds is 5. The standard InChI is InChI=1S/C22H17N3O5S/c1-2-30-20(26)13-24-18-10-9-17(25(28)29)12-19(18)31-22(24)23-21(27)16-8-7-14-5-3-4-6-15(14)11-16/h3-12H,2,13H2,1H3. The monoisotopic (exact) mass is 435 g/mol. The van der Waals surface area contributed by atoms with Crippen LogP contribution in [0.1, 0.15) is 17.3 Å². The predicted octanol–water partition coefficient (Wildman–Crippen LogP) is 4.07. The van der Waals surface area contributed by atoms with Gasteiger partial charge in [0, 0.05) is 17.7 Å². The normalized spacial score (nSPS) is 11.7. The molecule has 31 heavy (non-hydrogen) atoms. The first-order valence-electron chi connectivity index (χ1n) is 9.47. The van der Waals surface area contributed by atoms with E-state index in [0.29, 0.717) is 15.8 Å². The lowest BCUT2D eigenvalue weighted by atomic mass is 10.1. The Morgan fingerprint density at radius 3 is 2.61 bits per heavy atom. The summed E-state index contributed by atoms with van der Waals surface area (Å²) in [5, 5.41) is 13.0. The van der Waals surface area contributed by atoms with Crippen LogP contribution in [0.5, 0.6) is 0 Å². The fourth-order valence-corrected chi connectivity index (χ4v) is 4.28. The van der Waals surface area contributed by atoms with Crippen molar-refractivity contribution >= 4 is 49.9 Å². The van der Waals surface area contributed by atoms with E-state index < -0.39 is 16.8 Å². The highest BCUT2D eigenvalue weighted by atomic mass is 32.1. The van der Waals surface area contributed by atoms with Crippen molar-refractivity contribution in [2.45, 2.75) is 13.5 Å². The van der Waals surface area contributed by atoms with Crippen LogP contribution >= 0.6 is 11.3 Å². The van der Waals surface area contributed by atoms with Crippen LogP contribution in [0.2, 0.25) is 0 Å². The van der Waals surface area contributed by atoms with Gasteiger partial charge in [-0.25, -0.2) is 0 Å². The maximum atomic E-state index is 12.9. The lowest BCUT2D eigenvalue weighted by Crippen LogP contribution is -2.23. The van der Waals surface area contributed by atoms with Gasteiger partial charge in [0.15, 0.2) is 4.80 Å². The third kappa shape index (κ3) is 4.22. The van der Waals surface area contributed by atoms with E-state index in [1.807, 2.05) is 30.3 Å². The molecule has 0 atom stereocenters. The van der Waals surface area contributed by atoms with E-state index in [9.17, 15) is 19.7 Å². The molecule has 0 saturated carbocycles. The molecular formula is C22H17N3O5S. The summed E-state index contributed by atoms with van der Waals surface area (Å²) in [6.07, 6.45) is 0. The molecule has 0 fully saturated rings. The van der Waals surface area contributed by atoms with Crippen molar-refractivity contribution in [3.05, 3.63) is 81.1 Å². The van der Waals surface area contributed by atoms with Gasteiger partial charge < -0.3 is 9.30 Å². The quantitative estimate of drug-likeness (QED) is 0.267. The van der Waals surface area contributed by atoms with Crippen molar-refractivity contribution in [3.63, 3.8) is 0 Å². The fourth-order valence-electron chi connectivity index (χ4n) is 3.22. The zero-order chi connectivity index (χ0) is 22.0. The molecule has 9 heteroatoms. The summed E-state index contributed by atoms with van der Waals surface area (Å²) < 4.78 is 7.12. The number of hydrogen-bond acceptors (Lipinski definition) is 6. The van der Waals surface area contributed by atoms with Gasteiger partial charge >= 0.3 is 5.97 Å². The molecule has 4 rings (SSSR count). The number of nitro benzene ring substituents is 1. The Hall–Kier alpha value is -3.85. The lowest BCUT2D eigenvalue weighted by Gasteiger charge is -2.05. The molecule has 0 spiro atoms. The second-order valence-electron chi connectivity index (χ2n) is 6.66. The summed E-state index contributed by atoms with van der Waals surface area (Å²) in [6.45, 7) is 1.76. The first-order valence-corrected chi connectivity index (χ1v) is 10.3. The molecular weight excluding hydrogens is 418 g/mol. The topological polar surface area (TPSA) is 104 Å². The molecule has 156 valence electrons. The average Bonchev–Trinajstić information content (AvgIpc) is 3.09. The molecule has 8 nitrogen and oxygen atoms in total. The second kappa shape index (κ2) is 8.49. The van der Waals surface area contributed by atoms with Gasteiger partial charge in [-0.1, -0.05) is 41.7 Å². The van der Waals surface area contributed by atoms with E-state index in [-0.39, 0.29) is 23.6 Å². The molecule has 0 bridgehead atoms. The molecule has 0 unspecified atom stereocenters. The van der Waals surface area contributed by atoms with Crippen LogP contribution in [-0.4, -0.2) is 28.0 Å². The summed E-state index contributed by atoms with van der Waals surface area (Å²) in [5.74, 6) is -0.954. The van der Waals surface area contributed by atoms with Crippen molar-refractivity contribution in [3.8, 4) is 0 Å². The first-order chi connectivity index (χ1) is 15.0. The van der Waals surface area contributed by atoms with E-state index in [0.717, 1.165) is 22.1 Å². The van der Waals surface area contributed by atoms with Crippen LogP contribution in [0, 0.1) is 10.1 Å². The van der Waals surface area contributed by atoms with Gasteiger partial charge in [0.05, 0.1) is 21.7 Å². The van der Waals surface area contributed by atoms with E-state index in [1.54, 1.807) is 29.7 Å². The van der Waals surface area contributed by atoms with Gasteiger partial charge in [-0.05, 0) is 35.9 Å². The van der Waals surface area contributed by atoms with Crippen molar-refractivity contribution in [2.24, 2.45) is 4.99 Å². The molecule has 0 N–H and O–H groups in total. The highest BCUT2D eigenvalue weighted by Crippen LogP contribution is 2.23. The van der Waals surface area contributed by atoms with E-state index >= 15 is 0 Å². The average molecular weight is 435 g/mol. The van der Waals surface area contributed by atoms with E-state index in [1.165, 1.54) is 12.1 Å². The number of amides is 1. The molecule has 0 aliphatic rings. The number of esters is 1.